The first kappa shape index (κ1) is 12.7. The third-order valence-corrected chi connectivity index (χ3v) is 4.56. The van der Waals surface area contributed by atoms with Gasteiger partial charge in [-0.1, -0.05) is 15.9 Å². The highest BCUT2D eigenvalue weighted by Crippen LogP contribution is 2.30. The number of carbonyl (C=O) groups is 1. The van der Waals surface area contributed by atoms with Gasteiger partial charge in [0.2, 0.25) is 0 Å². The molecule has 0 atom stereocenters. The van der Waals surface area contributed by atoms with Gasteiger partial charge in [-0.3, -0.25) is 10.1 Å². The number of nitrogens with one attached hydrogen (secondary N) is 1. The number of benzene rings is 1. The number of fused-ring (bicyclic) bond motifs is 1. The van der Waals surface area contributed by atoms with Crippen LogP contribution in [0.5, 0.6) is 0 Å². The summed E-state index contributed by atoms with van der Waals surface area (Å²) in [5.74, 6) is -1.01. The van der Waals surface area contributed by atoms with Crippen LogP contribution < -0.4 is 5.32 Å². The Morgan fingerprint density at radius 3 is 3.00 bits per heavy atom. The molecule has 1 aromatic carbocycles. The Labute approximate surface area is 122 Å². The van der Waals surface area contributed by atoms with Gasteiger partial charge in [-0.15, -0.1) is 11.3 Å². The molecule has 2 aromatic rings. The number of halogens is 2. The summed E-state index contributed by atoms with van der Waals surface area (Å²) in [5, 5.41) is 3.21. The fourth-order valence-corrected chi connectivity index (χ4v) is 3.46. The zero-order chi connectivity index (χ0) is 13.4. The smallest absolute Gasteiger partial charge is 0.260 e. The van der Waals surface area contributed by atoms with E-state index in [4.69, 9.17) is 0 Å². The topological polar surface area (TPSA) is 42.0 Å². The van der Waals surface area contributed by atoms with Gasteiger partial charge in [0.15, 0.2) is 5.13 Å². The van der Waals surface area contributed by atoms with Crippen LogP contribution in [0, 0.1) is 5.82 Å². The lowest BCUT2D eigenvalue weighted by Gasteiger charge is -2.03. The number of carbonyl (C=O) groups excluding carboxylic acids is 1. The monoisotopic (exact) mass is 340 g/mol. The van der Waals surface area contributed by atoms with Crippen LogP contribution in [-0.2, 0) is 12.8 Å². The minimum Gasteiger partial charge on any atom is -0.298 e. The van der Waals surface area contributed by atoms with Crippen molar-refractivity contribution in [1.29, 1.82) is 0 Å². The number of aromatic nitrogens is 1. The lowest BCUT2D eigenvalue weighted by molar-refractivity contribution is 0.102. The summed E-state index contributed by atoms with van der Waals surface area (Å²) < 4.78 is 14.3. The van der Waals surface area contributed by atoms with Crippen molar-refractivity contribution >= 4 is 38.3 Å². The number of amides is 1. The molecule has 3 nitrogen and oxygen atoms in total. The Kier molecular flexibility index (Phi) is 3.36. The first-order valence-corrected chi connectivity index (χ1v) is 7.49. The van der Waals surface area contributed by atoms with Crippen LogP contribution in [0.4, 0.5) is 9.52 Å². The zero-order valence-electron chi connectivity index (χ0n) is 9.87. The summed E-state index contributed by atoms with van der Waals surface area (Å²) in [4.78, 5) is 17.6. The Hall–Kier alpha value is -1.27. The molecule has 1 N–H and O–H groups in total. The Morgan fingerprint density at radius 2 is 2.26 bits per heavy atom. The molecule has 0 unspecified atom stereocenters. The summed E-state index contributed by atoms with van der Waals surface area (Å²) in [6, 6.07) is 4.37. The molecule has 0 fully saturated rings. The molecule has 19 heavy (non-hydrogen) atoms. The molecule has 0 bridgehead atoms. The van der Waals surface area contributed by atoms with Crippen LogP contribution in [0.1, 0.15) is 27.3 Å². The molecule has 0 saturated carbocycles. The number of thiazole rings is 1. The molecule has 0 spiro atoms. The minimum absolute atomic E-state index is 0.0264. The zero-order valence-corrected chi connectivity index (χ0v) is 12.3. The van der Waals surface area contributed by atoms with Gasteiger partial charge in [0, 0.05) is 9.35 Å². The van der Waals surface area contributed by atoms with Crippen LogP contribution in [0.25, 0.3) is 0 Å². The molecule has 1 heterocycles. The van der Waals surface area contributed by atoms with Gasteiger partial charge in [0.1, 0.15) is 5.82 Å². The molecule has 1 amide bonds. The molecule has 0 radical (unpaired) electrons. The van der Waals surface area contributed by atoms with E-state index >= 15 is 0 Å². The van der Waals surface area contributed by atoms with Crippen molar-refractivity contribution in [2.75, 3.05) is 5.32 Å². The van der Waals surface area contributed by atoms with Crippen molar-refractivity contribution in [3.63, 3.8) is 0 Å². The second-order valence-corrected chi connectivity index (χ2v) is 6.32. The number of nitrogens with zero attached hydrogens (tertiary/aromatic N) is 1. The van der Waals surface area contributed by atoms with Crippen molar-refractivity contribution in [2.24, 2.45) is 0 Å². The summed E-state index contributed by atoms with van der Waals surface area (Å²) in [6.07, 6.45) is 3.12. The fraction of sp³-hybridized carbons (Fsp3) is 0.231. The molecule has 6 heteroatoms. The first-order valence-electron chi connectivity index (χ1n) is 5.88. The molecule has 98 valence electrons. The summed E-state index contributed by atoms with van der Waals surface area (Å²) in [6.45, 7) is 0. The van der Waals surface area contributed by atoms with E-state index in [2.05, 4.69) is 26.2 Å². The predicted molar refractivity (Wildman–Crippen MR) is 76.2 cm³/mol. The summed E-state index contributed by atoms with van der Waals surface area (Å²) in [7, 11) is 0. The average Bonchev–Trinajstić information content (AvgIpc) is 2.89. The lowest BCUT2D eigenvalue weighted by atomic mass is 10.2. The van der Waals surface area contributed by atoms with Crippen LogP contribution in [0.2, 0.25) is 0 Å². The van der Waals surface area contributed by atoms with Crippen molar-refractivity contribution in [1.82, 2.24) is 4.98 Å². The minimum atomic E-state index is -0.545. The van der Waals surface area contributed by atoms with Crippen molar-refractivity contribution in [2.45, 2.75) is 19.3 Å². The van der Waals surface area contributed by atoms with E-state index in [9.17, 15) is 9.18 Å². The van der Waals surface area contributed by atoms with E-state index in [1.807, 2.05) is 0 Å². The summed E-state index contributed by atoms with van der Waals surface area (Å²) in [5.41, 5.74) is 1.09. The van der Waals surface area contributed by atoms with E-state index in [0.717, 1.165) is 25.0 Å². The van der Waals surface area contributed by atoms with Crippen molar-refractivity contribution in [3.05, 3.63) is 44.6 Å². The lowest BCUT2D eigenvalue weighted by Crippen LogP contribution is -2.13. The maximum atomic E-state index is 13.7. The molecule has 3 rings (SSSR count). The third kappa shape index (κ3) is 2.55. The van der Waals surface area contributed by atoms with Crippen LogP contribution in [0.3, 0.4) is 0 Å². The van der Waals surface area contributed by atoms with E-state index in [1.165, 1.54) is 28.3 Å². The quantitative estimate of drug-likeness (QED) is 0.903. The second-order valence-electron chi connectivity index (χ2n) is 4.32. The van der Waals surface area contributed by atoms with E-state index in [-0.39, 0.29) is 5.56 Å². The van der Waals surface area contributed by atoms with Crippen LogP contribution >= 0.6 is 27.3 Å². The molecule has 1 aliphatic rings. The first-order chi connectivity index (χ1) is 9.13. The maximum Gasteiger partial charge on any atom is 0.260 e. The highest BCUT2D eigenvalue weighted by molar-refractivity contribution is 9.10. The molecule has 1 aliphatic carbocycles. The van der Waals surface area contributed by atoms with E-state index < -0.39 is 11.7 Å². The second kappa shape index (κ2) is 5.02. The van der Waals surface area contributed by atoms with Gasteiger partial charge in [-0.2, -0.15) is 0 Å². The Bertz CT molecular complexity index is 635. The number of rotatable bonds is 2. The van der Waals surface area contributed by atoms with Gasteiger partial charge in [-0.05, 0) is 37.5 Å². The third-order valence-electron chi connectivity index (χ3n) is 2.99. The number of aryl methyl sites for hydroxylation is 2. The number of hydrogen-bond donors (Lipinski definition) is 1. The van der Waals surface area contributed by atoms with Crippen molar-refractivity contribution < 1.29 is 9.18 Å². The molecule has 0 saturated heterocycles. The van der Waals surface area contributed by atoms with Gasteiger partial charge >= 0.3 is 0 Å². The average molecular weight is 341 g/mol. The van der Waals surface area contributed by atoms with Gasteiger partial charge < -0.3 is 0 Å². The standard InChI is InChI=1S/C13H10BrFN2OS/c14-7-4-5-8(9(15)6-7)12(18)17-13-16-10-2-1-3-11(10)19-13/h4-6H,1-3H2,(H,16,17,18). The van der Waals surface area contributed by atoms with E-state index in [0.29, 0.717) is 9.60 Å². The molecule has 0 aliphatic heterocycles. The normalized spacial score (nSPS) is 13.4. The van der Waals surface area contributed by atoms with Gasteiger partial charge in [-0.25, -0.2) is 9.37 Å². The summed E-state index contributed by atoms with van der Waals surface area (Å²) >= 11 is 4.64. The van der Waals surface area contributed by atoms with Crippen molar-refractivity contribution in [3.8, 4) is 0 Å². The fourth-order valence-electron chi connectivity index (χ4n) is 2.08. The SMILES string of the molecule is O=C(Nc1nc2c(s1)CCC2)c1ccc(Br)cc1F. The van der Waals surface area contributed by atoms with Crippen LogP contribution in [0.15, 0.2) is 22.7 Å². The number of hydrogen-bond acceptors (Lipinski definition) is 3. The van der Waals surface area contributed by atoms with Gasteiger partial charge in [0.25, 0.3) is 5.91 Å². The number of anilines is 1. The predicted octanol–water partition coefficient (Wildman–Crippen LogP) is 3.79. The molecular formula is C13H10BrFN2OS. The molecule has 1 aromatic heterocycles. The highest BCUT2D eigenvalue weighted by Gasteiger charge is 2.19. The largest absolute Gasteiger partial charge is 0.298 e. The van der Waals surface area contributed by atoms with E-state index in [1.54, 1.807) is 6.07 Å². The highest BCUT2D eigenvalue weighted by atomic mass is 79.9. The Morgan fingerprint density at radius 1 is 1.42 bits per heavy atom. The van der Waals surface area contributed by atoms with Gasteiger partial charge in [0.05, 0.1) is 11.3 Å². The molecular weight excluding hydrogens is 331 g/mol. The van der Waals surface area contributed by atoms with Crippen LogP contribution in [-0.4, -0.2) is 10.9 Å². The Balaban J connectivity index is 1.80. The maximum absolute atomic E-state index is 13.7.